The van der Waals surface area contributed by atoms with Gasteiger partial charge in [-0.1, -0.05) is 53.8 Å². The van der Waals surface area contributed by atoms with Gasteiger partial charge in [0, 0.05) is 23.5 Å². The van der Waals surface area contributed by atoms with E-state index in [2.05, 4.69) is 27.6 Å². The Labute approximate surface area is 201 Å². The fourth-order valence-corrected chi connectivity index (χ4v) is 5.99. The van der Waals surface area contributed by atoms with Gasteiger partial charge in [0.2, 0.25) is 5.13 Å². The molecule has 1 fully saturated rings. The Morgan fingerprint density at radius 1 is 0.970 bits per heavy atom. The molecule has 0 radical (unpaired) electrons. The predicted octanol–water partition coefficient (Wildman–Crippen LogP) is 5.97. The average molecular weight is 482 g/mol. The van der Waals surface area contributed by atoms with Crippen LogP contribution in [0.2, 0.25) is 0 Å². The van der Waals surface area contributed by atoms with Crippen LogP contribution < -0.4 is 5.32 Å². The highest BCUT2D eigenvalue weighted by Gasteiger charge is 2.24. The smallest absolute Gasteiger partial charge is 0.303 e. The molecule has 0 bridgehead atoms. The number of carbonyl (C=O) groups is 2. The number of amides is 1. The number of carboxylic acids is 1. The first-order chi connectivity index (χ1) is 16.1. The van der Waals surface area contributed by atoms with Gasteiger partial charge in [-0.3, -0.25) is 14.9 Å². The fraction of sp³-hybridized carbons (Fsp3) is 0.360. The van der Waals surface area contributed by atoms with Gasteiger partial charge >= 0.3 is 5.97 Å². The molecule has 4 rings (SSSR count). The molecule has 1 saturated carbocycles. The van der Waals surface area contributed by atoms with Gasteiger partial charge in [-0.2, -0.15) is 0 Å². The second-order valence-corrected chi connectivity index (χ2v) is 10.4. The van der Waals surface area contributed by atoms with Crippen LogP contribution in [0.1, 0.15) is 64.5 Å². The lowest BCUT2D eigenvalue weighted by Crippen LogP contribution is -2.16. The van der Waals surface area contributed by atoms with Crippen LogP contribution in [0.5, 0.6) is 0 Å². The van der Waals surface area contributed by atoms with Gasteiger partial charge in [-0.05, 0) is 60.8 Å². The molecule has 2 aromatic carbocycles. The first kappa shape index (κ1) is 23.4. The van der Waals surface area contributed by atoms with Gasteiger partial charge in [0.25, 0.3) is 5.91 Å². The van der Waals surface area contributed by atoms with Gasteiger partial charge < -0.3 is 5.11 Å². The van der Waals surface area contributed by atoms with Crippen molar-refractivity contribution in [1.29, 1.82) is 0 Å². The van der Waals surface area contributed by atoms with E-state index in [-0.39, 0.29) is 18.2 Å². The molecule has 0 saturated heterocycles. The summed E-state index contributed by atoms with van der Waals surface area (Å²) in [5.74, 6) is 1.50. The first-order valence-electron chi connectivity index (χ1n) is 11.1. The van der Waals surface area contributed by atoms with E-state index in [0.29, 0.717) is 16.6 Å². The number of anilines is 1. The van der Waals surface area contributed by atoms with Crippen molar-refractivity contribution >= 4 is 40.1 Å². The predicted molar refractivity (Wildman–Crippen MR) is 133 cm³/mol. The molecule has 0 aliphatic heterocycles. The second-order valence-electron chi connectivity index (χ2n) is 8.37. The van der Waals surface area contributed by atoms with E-state index in [1.807, 2.05) is 42.5 Å². The SMILES string of the molecule is O=C(O)CC1CCC(c2ccc(C(=O)Nc3nnc(CSCc4ccccc4)s3)cc2)CC1. The monoisotopic (exact) mass is 481 g/mol. The molecule has 0 atom stereocenters. The molecule has 0 spiro atoms. The average Bonchev–Trinajstić information content (AvgIpc) is 3.27. The minimum atomic E-state index is -0.706. The van der Waals surface area contributed by atoms with Crippen molar-refractivity contribution in [2.45, 2.75) is 49.5 Å². The van der Waals surface area contributed by atoms with Crippen LogP contribution in [0.25, 0.3) is 0 Å². The highest BCUT2D eigenvalue weighted by atomic mass is 32.2. The molecule has 2 N–H and O–H groups in total. The Hall–Kier alpha value is -2.71. The number of thioether (sulfide) groups is 1. The topological polar surface area (TPSA) is 92.2 Å². The lowest BCUT2D eigenvalue weighted by molar-refractivity contribution is -0.138. The zero-order valence-corrected chi connectivity index (χ0v) is 19.9. The van der Waals surface area contributed by atoms with Crippen LogP contribution in [-0.2, 0) is 16.3 Å². The van der Waals surface area contributed by atoms with Crippen LogP contribution in [0.3, 0.4) is 0 Å². The van der Waals surface area contributed by atoms with E-state index >= 15 is 0 Å². The molecular weight excluding hydrogens is 454 g/mol. The molecule has 3 aromatic rings. The Bertz CT molecular complexity index is 1060. The summed E-state index contributed by atoms with van der Waals surface area (Å²) in [4.78, 5) is 23.5. The number of aromatic nitrogens is 2. The zero-order valence-electron chi connectivity index (χ0n) is 18.3. The Morgan fingerprint density at radius 2 is 1.70 bits per heavy atom. The van der Waals surface area contributed by atoms with Gasteiger partial charge in [-0.25, -0.2) is 0 Å². The quantitative estimate of drug-likeness (QED) is 0.391. The van der Waals surface area contributed by atoms with Crippen LogP contribution in [0.4, 0.5) is 5.13 Å². The molecule has 8 heteroatoms. The van der Waals surface area contributed by atoms with Crippen molar-refractivity contribution in [2.75, 3.05) is 5.32 Å². The summed E-state index contributed by atoms with van der Waals surface area (Å²) in [6.07, 6.45) is 4.16. The summed E-state index contributed by atoms with van der Waals surface area (Å²) >= 11 is 3.18. The molecule has 1 aliphatic rings. The Kier molecular flexibility index (Phi) is 8.12. The number of hydrogen-bond acceptors (Lipinski definition) is 6. The maximum Gasteiger partial charge on any atom is 0.303 e. The molecular formula is C25H27N3O3S2. The number of carbonyl (C=O) groups excluding carboxylic acids is 1. The summed E-state index contributed by atoms with van der Waals surface area (Å²) in [7, 11) is 0. The molecule has 1 heterocycles. The molecule has 0 unspecified atom stereocenters. The van der Waals surface area contributed by atoms with Crippen molar-refractivity contribution in [3.05, 3.63) is 76.3 Å². The fourth-order valence-electron chi connectivity index (χ4n) is 4.22. The highest BCUT2D eigenvalue weighted by Crippen LogP contribution is 2.37. The Balaban J connectivity index is 1.25. The normalized spacial score (nSPS) is 18.1. The lowest BCUT2D eigenvalue weighted by atomic mass is 9.77. The third-order valence-corrected chi connectivity index (χ3v) is 8.02. The maximum absolute atomic E-state index is 12.6. The van der Waals surface area contributed by atoms with E-state index in [9.17, 15) is 9.59 Å². The van der Waals surface area contributed by atoms with Crippen molar-refractivity contribution in [2.24, 2.45) is 5.92 Å². The molecule has 1 aliphatic carbocycles. The molecule has 1 amide bonds. The minimum Gasteiger partial charge on any atom is -0.481 e. The van der Waals surface area contributed by atoms with E-state index in [0.717, 1.165) is 42.2 Å². The third-order valence-electron chi connectivity index (χ3n) is 5.98. The zero-order chi connectivity index (χ0) is 23.0. The summed E-state index contributed by atoms with van der Waals surface area (Å²) in [5, 5.41) is 21.5. The Morgan fingerprint density at radius 3 is 2.39 bits per heavy atom. The van der Waals surface area contributed by atoms with Crippen LogP contribution in [0, 0.1) is 5.92 Å². The number of aliphatic carboxylic acids is 1. The number of hydrogen-bond donors (Lipinski definition) is 2. The summed E-state index contributed by atoms with van der Waals surface area (Å²) in [5.41, 5.74) is 3.08. The van der Waals surface area contributed by atoms with Gasteiger partial charge in [-0.15, -0.1) is 22.0 Å². The highest BCUT2D eigenvalue weighted by molar-refractivity contribution is 7.97. The second kappa shape index (κ2) is 11.4. The van der Waals surface area contributed by atoms with Crippen molar-refractivity contribution in [3.8, 4) is 0 Å². The van der Waals surface area contributed by atoms with Crippen LogP contribution in [-0.4, -0.2) is 27.2 Å². The van der Waals surface area contributed by atoms with E-state index < -0.39 is 5.97 Å². The summed E-state index contributed by atoms with van der Waals surface area (Å²) in [6, 6.07) is 18.0. The number of benzene rings is 2. The van der Waals surface area contributed by atoms with Gasteiger partial charge in [0.15, 0.2) is 0 Å². The minimum absolute atomic E-state index is 0.189. The largest absolute Gasteiger partial charge is 0.481 e. The van der Waals surface area contributed by atoms with E-state index in [1.54, 1.807) is 11.8 Å². The third kappa shape index (κ3) is 6.88. The molecule has 6 nitrogen and oxygen atoms in total. The van der Waals surface area contributed by atoms with Crippen molar-refractivity contribution in [1.82, 2.24) is 10.2 Å². The van der Waals surface area contributed by atoms with Crippen LogP contribution >= 0.6 is 23.1 Å². The number of rotatable bonds is 9. The van der Waals surface area contributed by atoms with E-state index in [1.165, 1.54) is 22.5 Å². The van der Waals surface area contributed by atoms with Gasteiger partial charge in [0.05, 0.1) is 0 Å². The molecule has 33 heavy (non-hydrogen) atoms. The van der Waals surface area contributed by atoms with Crippen molar-refractivity contribution < 1.29 is 14.7 Å². The first-order valence-corrected chi connectivity index (χ1v) is 13.1. The number of nitrogens with one attached hydrogen (secondary N) is 1. The molecule has 172 valence electrons. The number of carboxylic acid groups (broad SMARTS) is 1. The van der Waals surface area contributed by atoms with Crippen molar-refractivity contribution in [3.63, 3.8) is 0 Å². The molecule has 1 aromatic heterocycles. The van der Waals surface area contributed by atoms with E-state index in [4.69, 9.17) is 5.11 Å². The van der Waals surface area contributed by atoms with Crippen LogP contribution in [0.15, 0.2) is 54.6 Å². The lowest BCUT2D eigenvalue weighted by Gasteiger charge is -2.28. The summed E-state index contributed by atoms with van der Waals surface area (Å²) < 4.78 is 0. The maximum atomic E-state index is 12.6. The van der Waals surface area contributed by atoms with Gasteiger partial charge in [0.1, 0.15) is 5.01 Å². The summed E-state index contributed by atoms with van der Waals surface area (Å²) in [6.45, 7) is 0. The standard InChI is InChI=1S/C25H27N3O3S2/c29-23(30)14-17-6-8-19(9-7-17)20-10-12-21(13-11-20)24(31)26-25-28-27-22(33-25)16-32-15-18-4-2-1-3-5-18/h1-5,10-13,17,19H,6-9,14-16H2,(H,29,30)(H,26,28,31). The number of nitrogens with zero attached hydrogens (tertiary/aromatic N) is 2.